The minimum Gasteiger partial charge on any atom is -0.476 e. The summed E-state index contributed by atoms with van der Waals surface area (Å²) in [4.78, 5) is 10.9. The zero-order chi connectivity index (χ0) is 14.9. The highest BCUT2D eigenvalue weighted by Gasteiger charge is 2.24. The number of hydrogen-bond acceptors (Lipinski definition) is 5. The number of carboxylic acids is 1. The Morgan fingerprint density at radius 1 is 1.25 bits per heavy atom. The van der Waals surface area contributed by atoms with Crippen LogP contribution in [-0.2, 0) is 17.6 Å². The van der Waals surface area contributed by atoms with Crippen molar-refractivity contribution in [3.8, 4) is 0 Å². The summed E-state index contributed by atoms with van der Waals surface area (Å²) in [5.41, 5.74) is 9.64. The Balaban J connectivity index is 2.14. The summed E-state index contributed by atoms with van der Waals surface area (Å²) in [7, 11) is 0. The predicted molar refractivity (Wildman–Crippen MR) is 77.0 cm³/mol. The Hall–Kier alpha value is -1.63. The Morgan fingerprint density at radius 3 is 2.15 bits per heavy atom. The van der Waals surface area contributed by atoms with Gasteiger partial charge in [0.2, 0.25) is 0 Å². The van der Waals surface area contributed by atoms with Crippen LogP contribution in [0.2, 0.25) is 10.0 Å². The summed E-state index contributed by atoms with van der Waals surface area (Å²) >= 11 is 11.9. The first-order valence-corrected chi connectivity index (χ1v) is 6.61. The molecule has 1 aromatic carbocycles. The molecule has 6 nitrogen and oxygen atoms in total. The molecule has 0 spiro atoms. The summed E-state index contributed by atoms with van der Waals surface area (Å²) < 4.78 is 0. The second kappa shape index (κ2) is 5.78. The highest BCUT2D eigenvalue weighted by Crippen LogP contribution is 2.31. The van der Waals surface area contributed by atoms with Crippen molar-refractivity contribution in [2.24, 2.45) is 11.6 Å². The van der Waals surface area contributed by atoms with Gasteiger partial charge in [0.25, 0.3) is 0 Å². The van der Waals surface area contributed by atoms with Gasteiger partial charge in [-0.3, -0.25) is 5.84 Å². The molecule has 0 fully saturated rings. The third-order valence-corrected chi connectivity index (χ3v) is 3.88. The summed E-state index contributed by atoms with van der Waals surface area (Å²) in [6.45, 7) is 0. The van der Waals surface area contributed by atoms with E-state index in [4.69, 9.17) is 39.9 Å². The van der Waals surface area contributed by atoms with Gasteiger partial charge in [0.15, 0.2) is 5.70 Å². The molecule has 108 valence electrons. The van der Waals surface area contributed by atoms with E-state index in [0.29, 0.717) is 22.9 Å². The molecule has 0 saturated carbocycles. The van der Waals surface area contributed by atoms with Gasteiger partial charge in [0.05, 0.1) is 10.0 Å². The lowest BCUT2D eigenvalue weighted by molar-refractivity contribution is -0.133. The molecule has 2 rings (SSSR count). The lowest BCUT2D eigenvalue weighted by Crippen LogP contribution is -2.39. The fourth-order valence-electron chi connectivity index (χ4n) is 2.26. The average molecular weight is 317 g/mol. The molecule has 7 N–H and O–H groups in total. The summed E-state index contributed by atoms with van der Waals surface area (Å²) in [5.74, 6) is 3.90. The van der Waals surface area contributed by atoms with Crippen LogP contribution in [0.3, 0.4) is 0 Å². The second-order valence-electron chi connectivity index (χ2n) is 4.52. The highest BCUT2D eigenvalue weighted by atomic mass is 35.5. The number of hydrazine groups is 1. The largest absolute Gasteiger partial charge is 0.476 e. The van der Waals surface area contributed by atoms with Crippen molar-refractivity contribution < 1.29 is 9.90 Å². The molecule has 0 unspecified atom stereocenters. The Kier molecular flexibility index (Phi) is 4.27. The van der Waals surface area contributed by atoms with Crippen LogP contribution in [0.5, 0.6) is 0 Å². The third kappa shape index (κ3) is 2.92. The first-order chi connectivity index (χ1) is 9.42. The molecule has 0 atom stereocenters. The summed E-state index contributed by atoms with van der Waals surface area (Å²) in [5, 5.41) is 12.9. The number of carboxylic acid groups (broad SMARTS) is 1. The Bertz CT molecular complexity index is 558. The van der Waals surface area contributed by atoms with Crippen LogP contribution in [0.15, 0.2) is 23.7 Å². The molecule has 0 aliphatic heterocycles. The summed E-state index contributed by atoms with van der Waals surface area (Å²) in [6, 6.07) is 3.61. The minimum absolute atomic E-state index is 0.00463. The molecule has 0 bridgehead atoms. The van der Waals surface area contributed by atoms with Gasteiger partial charge >= 0.3 is 5.97 Å². The van der Waals surface area contributed by atoms with Crippen LogP contribution in [-0.4, -0.2) is 17.1 Å². The van der Waals surface area contributed by atoms with Gasteiger partial charge in [-0.2, -0.15) is 0 Å². The maximum Gasteiger partial charge on any atom is 0.357 e. The van der Waals surface area contributed by atoms with Gasteiger partial charge < -0.3 is 21.6 Å². The molecule has 1 aromatic rings. The van der Waals surface area contributed by atoms with E-state index in [9.17, 15) is 4.79 Å². The standard InChI is InChI=1S/C12H14Cl2N4O2/c13-8-3-5-1-7(2-6(5)4-9(8)14)17-11(15)10(18-16)12(19)20/h3-4,7,17-18H,1-2,15-16H2,(H,19,20)/b11-10+. The number of nitrogens with one attached hydrogen (secondary N) is 2. The van der Waals surface area contributed by atoms with Crippen molar-refractivity contribution in [1.29, 1.82) is 0 Å². The molecule has 1 aliphatic rings. The number of carbonyl (C=O) groups is 1. The molecule has 0 aromatic heterocycles. The van der Waals surface area contributed by atoms with E-state index in [-0.39, 0.29) is 17.6 Å². The quantitative estimate of drug-likeness (QED) is 0.318. The van der Waals surface area contributed by atoms with Crippen molar-refractivity contribution in [3.05, 3.63) is 44.8 Å². The van der Waals surface area contributed by atoms with Crippen molar-refractivity contribution in [1.82, 2.24) is 10.7 Å². The second-order valence-corrected chi connectivity index (χ2v) is 5.34. The smallest absolute Gasteiger partial charge is 0.357 e. The van der Waals surface area contributed by atoms with Crippen LogP contribution in [0.4, 0.5) is 0 Å². The van der Waals surface area contributed by atoms with Crippen LogP contribution in [0, 0.1) is 0 Å². The van der Waals surface area contributed by atoms with E-state index in [1.54, 1.807) is 0 Å². The van der Waals surface area contributed by atoms with Gasteiger partial charge in [-0.1, -0.05) is 23.2 Å². The lowest BCUT2D eigenvalue weighted by Gasteiger charge is -2.15. The molecular weight excluding hydrogens is 303 g/mol. The lowest BCUT2D eigenvalue weighted by atomic mass is 10.1. The highest BCUT2D eigenvalue weighted by molar-refractivity contribution is 6.42. The number of nitrogens with two attached hydrogens (primary N) is 2. The minimum atomic E-state index is -1.22. The Labute approximate surface area is 125 Å². The topological polar surface area (TPSA) is 113 Å². The van der Waals surface area contributed by atoms with Crippen LogP contribution in [0.1, 0.15) is 11.1 Å². The first-order valence-electron chi connectivity index (χ1n) is 5.85. The van der Waals surface area contributed by atoms with Crippen LogP contribution >= 0.6 is 23.2 Å². The number of halogens is 2. The van der Waals surface area contributed by atoms with Gasteiger partial charge in [-0.15, -0.1) is 0 Å². The molecule has 1 aliphatic carbocycles. The number of benzene rings is 1. The monoisotopic (exact) mass is 316 g/mol. The predicted octanol–water partition coefficient (Wildman–Crippen LogP) is 0.726. The van der Waals surface area contributed by atoms with Crippen LogP contribution < -0.4 is 22.3 Å². The van der Waals surface area contributed by atoms with E-state index in [2.05, 4.69) is 10.7 Å². The first kappa shape index (κ1) is 14.8. The maximum absolute atomic E-state index is 10.9. The fraction of sp³-hybridized carbons (Fsp3) is 0.250. The zero-order valence-corrected chi connectivity index (χ0v) is 11.9. The SMILES string of the molecule is NN/C(C(=O)O)=C(\N)NC1Cc2cc(Cl)c(Cl)cc2C1. The maximum atomic E-state index is 10.9. The van der Waals surface area contributed by atoms with Gasteiger partial charge in [-0.05, 0) is 36.1 Å². The van der Waals surface area contributed by atoms with Crippen molar-refractivity contribution in [2.45, 2.75) is 18.9 Å². The number of rotatable bonds is 4. The molecule has 20 heavy (non-hydrogen) atoms. The molecule has 0 radical (unpaired) electrons. The van der Waals surface area contributed by atoms with E-state index in [0.717, 1.165) is 11.1 Å². The third-order valence-electron chi connectivity index (χ3n) is 3.16. The van der Waals surface area contributed by atoms with Crippen molar-refractivity contribution >= 4 is 29.2 Å². The van der Waals surface area contributed by atoms with Crippen molar-refractivity contribution in [2.75, 3.05) is 0 Å². The molecular formula is C12H14Cl2N4O2. The Morgan fingerprint density at radius 2 is 1.75 bits per heavy atom. The molecule has 0 amide bonds. The van der Waals surface area contributed by atoms with Gasteiger partial charge in [-0.25, -0.2) is 4.79 Å². The van der Waals surface area contributed by atoms with E-state index in [1.165, 1.54) is 0 Å². The fourth-order valence-corrected chi connectivity index (χ4v) is 2.63. The van der Waals surface area contributed by atoms with Gasteiger partial charge in [0.1, 0.15) is 5.82 Å². The van der Waals surface area contributed by atoms with E-state index in [1.807, 2.05) is 12.1 Å². The zero-order valence-electron chi connectivity index (χ0n) is 10.4. The number of fused-ring (bicyclic) bond motifs is 1. The molecule has 0 heterocycles. The molecule has 8 heteroatoms. The molecule has 0 saturated heterocycles. The number of hydrogen-bond donors (Lipinski definition) is 5. The normalized spacial score (nSPS) is 15.6. The van der Waals surface area contributed by atoms with Crippen molar-refractivity contribution in [3.63, 3.8) is 0 Å². The number of aliphatic carboxylic acids is 1. The summed E-state index contributed by atoms with van der Waals surface area (Å²) in [6.07, 6.45) is 1.37. The van der Waals surface area contributed by atoms with E-state index < -0.39 is 5.97 Å². The van der Waals surface area contributed by atoms with E-state index >= 15 is 0 Å². The van der Waals surface area contributed by atoms with Crippen LogP contribution in [0.25, 0.3) is 0 Å². The average Bonchev–Trinajstić information content (AvgIpc) is 2.71. The van der Waals surface area contributed by atoms with Gasteiger partial charge in [0, 0.05) is 6.04 Å².